The van der Waals surface area contributed by atoms with Crippen molar-refractivity contribution in [1.82, 2.24) is 15.1 Å². The molecule has 144 valence electrons. The van der Waals surface area contributed by atoms with Crippen molar-refractivity contribution in [1.29, 1.82) is 0 Å². The van der Waals surface area contributed by atoms with Crippen LogP contribution in [0.25, 0.3) is 0 Å². The molecule has 1 N–H and O–H groups in total. The molecule has 5 heteroatoms. The van der Waals surface area contributed by atoms with Gasteiger partial charge in [0, 0.05) is 38.3 Å². The zero-order valence-electron chi connectivity index (χ0n) is 16.4. The van der Waals surface area contributed by atoms with E-state index in [1.807, 2.05) is 68.1 Å². The number of carbonyl (C=O) groups excluding carboxylic acids is 1. The molecule has 1 heterocycles. The number of carbonyl (C=O) groups is 1. The predicted octanol–water partition coefficient (Wildman–Crippen LogP) is 4.10. The molecule has 1 fully saturated rings. The summed E-state index contributed by atoms with van der Waals surface area (Å²) in [6, 6.07) is 18.1. The van der Waals surface area contributed by atoms with E-state index in [4.69, 9.17) is 4.74 Å². The molecule has 2 aromatic rings. The van der Waals surface area contributed by atoms with Gasteiger partial charge in [-0.2, -0.15) is 0 Å². The zero-order chi connectivity index (χ0) is 19.3. The van der Waals surface area contributed by atoms with Crippen LogP contribution in [0.2, 0.25) is 0 Å². The van der Waals surface area contributed by atoms with Crippen molar-refractivity contribution in [2.75, 3.05) is 26.2 Å². The highest BCUT2D eigenvalue weighted by atomic mass is 16.5. The van der Waals surface area contributed by atoms with E-state index in [0.29, 0.717) is 0 Å². The lowest BCUT2D eigenvalue weighted by molar-refractivity contribution is 0.131. The summed E-state index contributed by atoms with van der Waals surface area (Å²) >= 11 is 0. The van der Waals surface area contributed by atoms with Crippen LogP contribution in [0.5, 0.6) is 11.5 Å². The van der Waals surface area contributed by atoms with Crippen LogP contribution in [0, 0.1) is 0 Å². The summed E-state index contributed by atoms with van der Waals surface area (Å²) in [5.74, 6) is 1.69. The number of urea groups is 1. The molecular weight excluding hydrogens is 338 g/mol. The third-order valence-electron chi connectivity index (χ3n) is 4.42. The van der Waals surface area contributed by atoms with E-state index in [1.165, 1.54) is 5.56 Å². The van der Waals surface area contributed by atoms with Crippen LogP contribution in [0.15, 0.2) is 54.6 Å². The number of rotatable bonds is 4. The number of para-hydroxylation sites is 1. The fourth-order valence-electron chi connectivity index (χ4n) is 3.10. The number of amides is 2. The fourth-order valence-corrected chi connectivity index (χ4v) is 3.10. The number of ether oxygens (including phenoxy) is 1. The Balaban J connectivity index is 1.52. The quantitative estimate of drug-likeness (QED) is 0.885. The SMILES string of the molecule is CC(C)(C)NC(=O)N1CCN(Cc2cccc(Oc3ccccc3)c2)CC1. The molecule has 0 saturated carbocycles. The van der Waals surface area contributed by atoms with Gasteiger partial charge >= 0.3 is 6.03 Å². The molecule has 1 aliphatic heterocycles. The first-order valence-electron chi connectivity index (χ1n) is 9.50. The lowest BCUT2D eigenvalue weighted by atomic mass is 10.1. The molecule has 0 aromatic heterocycles. The van der Waals surface area contributed by atoms with Gasteiger partial charge in [0.05, 0.1) is 0 Å². The van der Waals surface area contributed by atoms with Crippen LogP contribution in [0.1, 0.15) is 26.3 Å². The molecule has 0 bridgehead atoms. The van der Waals surface area contributed by atoms with Crippen molar-refractivity contribution in [3.8, 4) is 11.5 Å². The molecule has 1 aliphatic rings. The predicted molar refractivity (Wildman–Crippen MR) is 108 cm³/mol. The van der Waals surface area contributed by atoms with Crippen molar-refractivity contribution in [3.05, 3.63) is 60.2 Å². The number of nitrogens with one attached hydrogen (secondary N) is 1. The highest BCUT2D eigenvalue weighted by Gasteiger charge is 2.24. The minimum atomic E-state index is -0.201. The van der Waals surface area contributed by atoms with Crippen molar-refractivity contribution in [2.24, 2.45) is 0 Å². The second-order valence-electron chi connectivity index (χ2n) is 8.01. The van der Waals surface area contributed by atoms with Gasteiger partial charge in [-0.15, -0.1) is 0 Å². The Kier molecular flexibility index (Phi) is 6.01. The molecule has 5 nitrogen and oxygen atoms in total. The Morgan fingerprint density at radius 2 is 1.63 bits per heavy atom. The van der Waals surface area contributed by atoms with Crippen molar-refractivity contribution >= 4 is 6.03 Å². The minimum absolute atomic E-state index is 0.0282. The van der Waals surface area contributed by atoms with Gasteiger partial charge in [-0.1, -0.05) is 30.3 Å². The monoisotopic (exact) mass is 367 g/mol. The Morgan fingerprint density at radius 1 is 0.963 bits per heavy atom. The first-order valence-corrected chi connectivity index (χ1v) is 9.50. The zero-order valence-corrected chi connectivity index (χ0v) is 16.4. The topological polar surface area (TPSA) is 44.8 Å². The summed E-state index contributed by atoms with van der Waals surface area (Å²) in [6.07, 6.45) is 0. The Hall–Kier alpha value is -2.53. The van der Waals surface area contributed by atoms with E-state index in [9.17, 15) is 4.79 Å². The molecule has 2 aromatic carbocycles. The lowest BCUT2D eigenvalue weighted by Crippen LogP contribution is -2.54. The number of benzene rings is 2. The van der Waals surface area contributed by atoms with Crippen molar-refractivity contribution < 1.29 is 9.53 Å². The smallest absolute Gasteiger partial charge is 0.317 e. The maximum atomic E-state index is 12.3. The molecule has 0 radical (unpaired) electrons. The average molecular weight is 367 g/mol. The summed E-state index contributed by atoms with van der Waals surface area (Å²) < 4.78 is 5.92. The van der Waals surface area contributed by atoms with Crippen molar-refractivity contribution in [2.45, 2.75) is 32.9 Å². The normalized spacial score (nSPS) is 15.4. The van der Waals surface area contributed by atoms with Gasteiger partial charge in [-0.05, 0) is 50.6 Å². The third kappa shape index (κ3) is 6.00. The van der Waals surface area contributed by atoms with Gasteiger partial charge in [0.2, 0.25) is 0 Å². The maximum absolute atomic E-state index is 12.3. The van der Waals surface area contributed by atoms with Crippen molar-refractivity contribution in [3.63, 3.8) is 0 Å². The standard InChI is InChI=1S/C22H29N3O2/c1-22(2,3)23-21(26)25-14-12-24(13-15-25)17-18-8-7-11-20(16-18)27-19-9-5-4-6-10-19/h4-11,16H,12-15,17H2,1-3H3,(H,23,26). The second-order valence-corrected chi connectivity index (χ2v) is 8.01. The van der Waals surface area contributed by atoms with Crippen LogP contribution in [-0.4, -0.2) is 47.5 Å². The third-order valence-corrected chi connectivity index (χ3v) is 4.42. The first-order chi connectivity index (χ1) is 12.9. The molecular formula is C22H29N3O2. The van der Waals surface area contributed by atoms with Crippen LogP contribution in [0.3, 0.4) is 0 Å². The Labute approximate surface area is 161 Å². The first kappa shape index (κ1) is 19.2. The molecule has 3 rings (SSSR count). The lowest BCUT2D eigenvalue weighted by Gasteiger charge is -2.36. The second kappa shape index (κ2) is 8.44. The molecule has 0 aliphatic carbocycles. The van der Waals surface area contributed by atoms with E-state index in [0.717, 1.165) is 44.2 Å². The van der Waals surface area contributed by atoms with Crippen LogP contribution in [-0.2, 0) is 6.54 Å². The van der Waals surface area contributed by atoms with Crippen LogP contribution < -0.4 is 10.1 Å². The van der Waals surface area contributed by atoms with E-state index in [1.54, 1.807) is 0 Å². The summed E-state index contributed by atoms with van der Waals surface area (Å²) in [5.41, 5.74) is 1.02. The van der Waals surface area contributed by atoms with E-state index in [2.05, 4.69) is 22.3 Å². The summed E-state index contributed by atoms with van der Waals surface area (Å²) in [4.78, 5) is 16.6. The molecule has 27 heavy (non-hydrogen) atoms. The maximum Gasteiger partial charge on any atom is 0.317 e. The Bertz CT molecular complexity index is 748. The van der Waals surface area contributed by atoms with Crippen LogP contribution >= 0.6 is 0 Å². The van der Waals surface area contributed by atoms with Gasteiger partial charge in [0.15, 0.2) is 0 Å². The summed E-state index contributed by atoms with van der Waals surface area (Å²) in [7, 11) is 0. The van der Waals surface area contributed by atoms with Gasteiger partial charge in [0.1, 0.15) is 11.5 Å². The van der Waals surface area contributed by atoms with E-state index in [-0.39, 0.29) is 11.6 Å². The highest BCUT2D eigenvalue weighted by molar-refractivity contribution is 5.75. The van der Waals surface area contributed by atoms with Gasteiger partial charge < -0.3 is 15.0 Å². The van der Waals surface area contributed by atoms with E-state index >= 15 is 0 Å². The molecule has 0 unspecified atom stereocenters. The summed E-state index contributed by atoms with van der Waals surface area (Å²) in [6.45, 7) is 10.1. The molecule has 0 atom stereocenters. The number of hydrogen-bond donors (Lipinski definition) is 1. The Morgan fingerprint density at radius 3 is 2.30 bits per heavy atom. The number of nitrogens with zero attached hydrogens (tertiary/aromatic N) is 2. The van der Waals surface area contributed by atoms with Gasteiger partial charge in [-0.25, -0.2) is 4.79 Å². The largest absolute Gasteiger partial charge is 0.457 e. The molecule has 1 saturated heterocycles. The molecule has 2 amide bonds. The average Bonchev–Trinajstić information content (AvgIpc) is 2.62. The number of hydrogen-bond acceptors (Lipinski definition) is 3. The van der Waals surface area contributed by atoms with Crippen LogP contribution in [0.4, 0.5) is 4.79 Å². The number of piperazine rings is 1. The van der Waals surface area contributed by atoms with Gasteiger partial charge in [0.25, 0.3) is 0 Å². The summed E-state index contributed by atoms with van der Waals surface area (Å²) in [5, 5.41) is 3.04. The fraction of sp³-hybridized carbons (Fsp3) is 0.409. The molecule has 0 spiro atoms. The van der Waals surface area contributed by atoms with Gasteiger partial charge in [-0.3, -0.25) is 4.90 Å². The van der Waals surface area contributed by atoms with E-state index < -0.39 is 0 Å². The highest BCUT2D eigenvalue weighted by Crippen LogP contribution is 2.22. The minimum Gasteiger partial charge on any atom is -0.457 e.